The Labute approximate surface area is 154 Å². The highest BCUT2D eigenvalue weighted by molar-refractivity contribution is 7.99. The summed E-state index contributed by atoms with van der Waals surface area (Å²) in [4.78, 5) is 31.0. The van der Waals surface area contributed by atoms with E-state index in [9.17, 15) is 9.59 Å². The van der Waals surface area contributed by atoms with E-state index in [1.807, 2.05) is 30.5 Å². The summed E-state index contributed by atoms with van der Waals surface area (Å²) < 4.78 is 1.74. The number of thioether (sulfide) groups is 2. The van der Waals surface area contributed by atoms with E-state index in [4.69, 9.17) is 0 Å². The van der Waals surface area contributed by atoms with Crippen molar-refractivity contribution >= 4 is 35.1 Å². The van der Waals surface area contributed by atoms with Crippen molar-refractivity contribution in [2.75, 3.05) is 17.3 Å². The average Bonchev–Trinajstić information content (AvgIpc) is 3.23. The molecule has 0 saturated heterocycles. The summed E-state index contributed by atoms with van der Waals surface area (Å²) in [6.07, 6.45) is 4.99. The second kappa shape index (κ2) is 6.88. The Hall–Kier alpha value is -1.73. The Morgan fingerprint density at radius 1 is 1.40 bits per heavy atom. The van der Waals surface area contributed by atoms with Crippen molar-refractivity contribution in [3.8, 4) is 0 Å². The van der Waals surface area contributed by atoms with Gasteiger partial charge in [-0.05, 0) is 37.7 Å². The van der Waals surface area contributed by atoms with Crippen molar-refractivity contribution in [1.82, 2.24) is 9.55 Å². The van der Waals surface area contributed by atoms with Crippen molar-refractivity contribution in [3.05, 3.63) is 45.9 Å². The van der Waals surface area contributed by atoms with Crippen LogP contribution in [-0.4, -0.2) is 27.5 Å². The lowest BCUT2D eigenvalue weighted by Gasteiger charge is -2.15. The van der Waals surface area contributed by atoms with E-state index in [1.54, 1.807) is 28.1 Å². The second-order valence-electron chi connectivity index (χ2n) is 6.27. The van der Waals surface area contributed by atoms with Crippen molar-refractivity contribution in [1.29, 1.82) is 0 Å². The molecule has 5 nitrogen and oxygen atoms in total. The van der Waals surface area contributed by atoms with Crippen LogP contribution in [0.25, 0.3) is 0 Å². The van der Waals surface area contributed by atoms with Gasteiger partial charge in [-0.25, -0.2) is 4.98 Å². The van der Waals surface area contributed by atoms with Crippen LogP contribution in [0.2, 0.25) is 0 Å². The van der Waals surface area contributed by atoms with Gasteiger partial charge in [0.25, 0.3) is 5.56 Å². The van der Waals surface area contributed by atoms with Crippen LogP contribution in [0.1, 0.15) is 30.1 Å². The van der Waals surface area contributed by atoms with E-state index in [-0.39, 0.29) is 17.5 Å². The molecule has 1 N–H and O–H groups in total. The Morgan fingerprint density at radius 2 is 2.24 bits per heavy atom. The minimum Gasteiger partial charge on any atom is -0.325 e. The maximum absolute atomic E-state index is 12.8. The molecular formula is C18H19N3O2S2. The third-order valence-corrected chi connectivity index (χ3v) is 6.57. The summed E-state index contributed by atoms with van der Waals surface area (Å²) in [6, 6.07) is 7.64. The lowest BCUT2D eigenvalue weighted by atomic mass is 10.2. The fourth-order valence-electron chi connectivity index (χ4n) is 3.47. The number of para-hydroxylation sites is 1. The van der Waals surface area contributed by atoms with Gasteiger partial charge < -0.3 is 5.32 Å². The Kier molecular flexibility index (Phi) is 4.60. The first-order chi connectivity index (χ1) is 12.2. The van der Waals surface area contributed by atoms with E-state index in [0.29, 0.717) is 6.42 Å². The normalized spacial score (nSPS) is 18.0. The zero-order valence-electron chi connectivity index (χ0n) is 13.9. The number of hydrogen-bond donors (Lipinski definition) is 1. The number of carbonyl (C=O) groups excluding carboxylic acids is 1. The van der Waals surface area contributed by atoms with E-state index in [1.165, 1.54) is 0 Å². The van der Waals surface area contributed by atoms with E-state index in [0.717, 1.165) is 52.0 Å². The minimum atomic E-state index is -0.118. The predicted molar refractivity (Wildman–Crippen MR) is 102 cm³/mol. The van der Waals surface area contributed by atoms with Crippen LogP contribution < -0.4 is 10.9 Å². The second-order valence-corrected chi connectivity index (χ2v) is 8.10. The van der Waals surface area contributed by atoms with Gasteiger partial charge in [0.15, 0.2) is 5.16 Å². The monoisotopic (exact) mass is 373 g/mol. The number of benzene rings is 1. The maximum Gasteiger partial charge on any atom is 0.257 e. The molecule has 2 heterocycles. The lowest BCUT2D eigenvalue weighted by molar-refractivity contribution is -0.116. The van der Waals surface area contributed by atoms with Gasteiger partial charge in [-0.2, -0.15) is 0 Å². The first kappa shape index (κ1) is 16.7. The Morgan fingerprint density at radius 3 is 3.08 bits per heavy atom. The molecule has 7 heteroatoms. The maximum atomic E-state index is 12.8. The standard InChI is InChI=1S/C18H19N3O2S2/c1-24-15-8-3-2-6-14(15)19-16(22)9-11-10-25-18-20-13-7-4-5-12(13)17(23)21(11)18/h2-3,6,8,11H,4-5,7,9-10H2,1H3,(H,19,22). The topological polar surface area (TPSA) is 64.0 Å². The molecule has 1 atom stereocenters. The van der Waals surface area contributed by atoms with Crippen molar-refractivity contribution in [2.24, 2.45) is 0 Å². The molecular weight excluding hydrogens is 354 g/mol. The highest BCUT2D eigenvalue weighted by Gasteiger charge is 2.31. The summed E-state index contributed by atoms with van der Waals surface area (Å²) >= 11 is 3.18. The van der Waals surface area contributed by atoms with Crippen LogP contribution in [0.3, 0.4) is 0 Å². The quantitative estimate of drug-likeness (QED) is 0.659. The number of hydrogen-bond acceptors (Lipinski definition) is 5. The Bertz CT molecular complexity index is 894. The fraction of sp³-hybridized carbons (Fsp3) is 0.389. The first-order valence-corrected chi connectivity index (χ1v) is 10.6. The summed E-state index contributed by atoms with van der Waals surface area (Å²) in [5, 5.41) is 3.76. The zero-order chi connectivity index (χ0) is 17.4. The number of aromatic nitrogens is 2. The minimum absolute atomic E-state index is 0.0600. The van der Waals surface area contributed by atoms with E-state index in [2.05, 4.69) is 10.3 Å². The SMILES string of the molecule is CSc1ccccc1NC(=O)CC1CSc2nc3c(c(=O)n21)CCC3. The third-order valence-electron chi connectivity index (χ3n) is 4.67. The predicted octanol–water partition coefficient (Wildman–Crippen LogP) is 3.13. The van der Waals surface area contributed by atoms with E-state index < -0.39 is 0 Å². The molecule has 0 bridgehead atoms. The number of fused-ring (bicyclic) bond motifs is 2. The van der Waals surface area contributed by atoms with Crippen LogP contribution in [0, 0.1) is 0 Å². The molecule has 130 valence electrons. The van der Waals surface area contributed by atoms with Crippen molar-refractivity contribution < 1.29 is 4.79 Å². The highest BCUT2D eigenvalue weighted by Crippen LogP contribution is 2.34. The van der Waals surface area contributed by atoms with Gasteiger partial charge in [0.2, 0.25) is 5.91 Å². The number of amides is 1. The van der Waals surface area contributed by atoms with Gasteiger partial charge >= 0.3 is 0 Å². The molecule has 0 saturated carbocycles. The average molecular weight is 374 g/mol. The largest absolute Gasteiger partial charge is 0.325 e. The molecule has 0 radical (unpaired) electrons. The van der Waals surface area contributed by atoms with Crippen LogP contribution in [0.4, 0.5) is 5.69 Å². The van der Waals surface area contributed by atoms with Crippen LogP contribution >= 0.6 is 23.5 Å². The van der Waals surface area contributed by atoms with Gasteiger partial charge in [0.1, 0.15) is 0 Å². The molecule has 0 fully saturated rings. The van der Waals surface area contributed by atoms with E-state index >= 15 is 0 Å². The van der Waals surface area contributed by atoms with Crippen LogP contribution in [-0.2, 0) is 17.6 Å². The van der Waals surface area contributed by atoms with Gasteiger partial charge in [-0.1, -0.05) is 23.9 Å². The Balaban J connectivity index is 1.54. The van der Waals surface area contributed by atoms with Gasteiger partial charge in [-0.15, -0.1) is 11.8 Å². The fourth-order valence-corrected chi connectivity index (χ4v) is 5.17. The molecule has 1 aliphatic heterocycles. The highest BCUT2D eigenvalue weighted by atomic mass is 32.2. The summed E-state index contributed by atoms with van der Waals surface area (Å²) in [5.74, 6) is 0.662. The molecule has 4 rings (SSSR count). The number of nitrogens with one attached hydrogen (secondary N) is 1. The molecule has 1 aromatic heterocycles. The number of rotatable bonds is 4. The summed E-state index contributed by atoms with van der Waals surface area (Å²) in [5.41, 5.74) is 2.70. The smallest absolute Gasteiger partial charge is 0.257 e. The molecule has 1 aliphatic carbocycles. The molecule has 1 aromatic carbocycles. The van der Waals surface area contributed by atoms with Gasteiger partial charge in [-0.3, -0.25) is 14.2 Å². The van der Waals surface area contributed by atoms with Crippen LogP contribution in [0.15, 0.2) is 39.1 Å². The van der Waals surface area contributed by atoms with Crippen LogP contribution in [0.5, 0.6) is 0 Å². The zero-order valence-corrected chi connectivity index (χ0v) is 15.6. The number of nitrogens with zero attached hydrogens (tertiary/aromatic N) is 2. The number of carbonyl (C=O) groups is 1. The molecule has 1 unspecified atom stereocenters. The lowest BCUT2D eigenvalue weighted by Crippen LogP contribution is -2.30. The molecule has 2 aromatic rings. The molecule has 25 heavy (non-hydrogen) atoms. The molecule has 0 spiro atoms. The molecule has 2 aliphatic rings. The van der Waals surface area contributed by atoms with Crippen molar-refractivity contribution in [3.63, 3.8) is 0 Å². The molecule has 1 amide bonds. The summed E-state index contributed by atoms with van der Waals surface area (Å²) in [7, 11) is 0. The van der Waals surface area contributed by atoms with Gasteiger partial charge in [0.05, 0.1) is 17.4 Å². The van der Waals surface area contributed by atoms with Gasteiger partial charge in [0, 0.05) is 22.6 Å². The third kappa shape index (κ3) is 3.11. The van der Waals surface area contributed by atoms with Crippen molar-refractivity contribution in [2.45, 2.75) is 41.8 Å². The first-order valence-electron chi connectivity index (χ1n) is 8.37. The summed E-state index contributed by atoms with van der Waals surface area (Å²) in [6.45, 7) is 0. The number of aryl methyl sites for hydroxylation is 1. The number of anilines is 1.